The number of aryl methyl sites for hydroxylation is 1. The van der Waals surface area contributed by atoms with Gasteiger partial charge in [0.1, 0.15) is 0 Å². The minimum absolute atomic E-state index is 1.07. The van der Waals surface area contributed by atoms with Crippen LogP contribution in [0.25, 0.3) is 82.4 Å². The molecule has 0 amide bonds. The van der Waals surface area contributed by atoms with E-state index in [2.05, 4.69) is 241 Å². The zero-order valence-corrected chi connectivity index (χ0v) is 34.2. The largest absolute Gasteiger partial charge is 0.311 e. The van der Waals surface area contributed by atoms with Crippen molar-refractivity contribution in [3.63, 3.8) is 0 Å². The maximum Gasteiger partial charge on any atom is 0.0541 e. The van der Waals surface area contributed by atoms with Crippen LogP contribution < -0.4 is 4.90 Å². The van der Waals surface area contributed by atoms with Gasteiger partial charge in [-0.25, -0.2) is 0 Å². The van der Waals surface area contributed by atoms with Crippen LogP contribution in [0.4, 0.5) is 17.1 Å². The maximum absolute atomic E-state index is 2.40. The lowest BCUT2D eigenvalue weighted by Crippen LogP contribution is -2.09. The van der Waals surface area contributed by atoms with Crippen molar-refractivity contribution in [1.82, 2.24) is 4.57 Å². The molecule has 61 heavy (non-hydrogen) atoms. The Morgan fingerprint density at radius 1 is 0.344 bits per heavy atom. The molecule has 2 heteroatoms. The Morgan fingerprint density at radius 2 is 0.770 bits per heavy atom. The van der Waals surface area contributed by atoms with Gasteiger partial charge in [0.25, 0.3) is 0 Å². The van der Waals surface area contributed by atoms with Gasteiger partial charge in [0.15, 0.2) is 0 Å². The first-order valence-electron chi connectivity index (χ1n) is 21.4. The van der Waals surface area contributed by atoms with Crippen LogP contribution in [-0.2, 0) is 6.42 Å². The minimum Gasteiger partial charge on any atom is -0.311 e. The van der Waals surface area contributed by atoms with E-state index in [-0.39, 0.29) is 0 Å². The highest BCUT2D eigenvalue weighted by molar-refractivity contribution is 6.21. The summed E-state index contributed by atoms with van der Waals surface area (Å²) in [5, 5.41) is 7.62. The number of rotatable bonds is 9. The number of hydrogen-bond acceptors (Lipinski definition) is 1. The highest BCUT2D eigenvalue weighted by Crippen LogP contribution is 2.45. The number of para-hydroxylation sites is 2. The van der Waals surface area contributed by atoms with Gasteiger partial charge in [0, 0.05) is 33.5 Å². The first-order valence-corrected chi connectivity index (χ1v) is 21.4. The highest BCUT2D eigenvalue weighted by Gasteiger charge is 2.19. The van der Waals surface area contributed by atoms with Crippen LogP contribution in [0.3, 0.4) is 0 Å². The van der Waals surface area contributed by atoms with Gasteiger partial charge < -0.3 is 9.47 Å². The Bertz CT molecular complexity index is 3270. The molecule has 11 aromatic rings. The van der Waals surface area contributed by atoms with Crippen LogP contribution in [0.1, 0.15) is 18.9 Å². The second-order valence-corrected chi connectivity index (χ2v) is 16.0. The van der Waals surface area contributed by atoms with E-state index < -0.39 is 0 Å². The lowest BCUT2D eigenvalue weighted by molar-refractivity contribution is 0.923. The molecule has 0 atom stereocenters. The molecule has 0 N–H and O–H groups in total. The van der Waals surface area contributed by atoms with Gasteiger partial charge in [-0.2, -0.15) is 0 Å². The van der Waals surface area contributed by atoms with Crippen molar-refractivity contribution < 1.29 is 0 Å². The van der Waals surface area contributed by atoms with Crippen LogP contribution in [0.5, 0.6) is 0 Å². The third-order valence-corrected chi connectivity index (χ3v) is 12.3. The second-order valence-electron chi connectivity index (χ2n) is 16.0. The molecule has 0 radical (unpaired) electrons. The predicted molar refractivity (Wildman–Crippen MR) is 261 cm³/mol. The SMILES string of the molecule is CCCc1ccc2c(c1)c1cc(-c3ccc(N(c4ccccc4)c4ccc(-c5c6ccccc6c(-c6ccccc6)c6ccccc56)cc4)cc3)ccc1n2-c1ccccc1. The lowest BCUT2D eigenvalue weighted by Gasteiger charge is -2.26. The van der Waals surface area contributed by atoms with E-state index in [1.807, 2.05) is 0 Å². The molecule has 0 spiro atoms. The fraction of sp³-hybridized carbons (Fsp3) is 0.0508. The highest BCUT2D eigenvalue weighted by atomic mass is 15.1. The first-order chi connectivity index (χ1) is 30.2. The Morgan fingerprint density at radius 3 is 1.33 bits per heavy atom. The molecule has 1 heterocycles. The molecule has 11 rings (SSSR count). The number of hydrogen-bond donors (Lipinski definition) is 0. The van der Waals surface area contributed by atoms with E-state index in [1.54, 1.807) is 0 Å². The molecule has 10 aromatic carbocycles. The molecule has 0 aliphatic carbocycles. The fourth-order valence-corrected chi connectivity index (χ4v) is 9.51. The molecule has 1 aromatic heterocycles. The summed E-state index contributed by atoms with van der Waals surface area (Å²) >= 11 is 0. The van der Waals surface area contributed by atoms with Crippen molar-refractivity contribution in [3.8, 4) is 39.1 Å². The van der Waals surface area contributed by atoms with E-state index in [0.29, 0.717) is 0 Å². The van der Waals surface area contributed by atoms with Crippen LogP contribution in [0, 0.1) is 0 Å². The summed E-state index contributed by atoms with van der Waals surface area (Å²) in [7, 11) is 0. The van der Waals surface area contributed by atoms with Gasteiger partial charge in [0.05, 0.1) is 11.0 Å². The number of anilines is 3. The van der Waals surface area contributed by atoms with Crippen molar-refractivity contribution in [1.29, 1.82) is 0 Å². The monoisotopic (exact) mass is 780 g/mol. The summed E-state index contributed by atoms with van der Waals surface area (Å²) in [6, 6.07) is 82.1. The van der Waals surface area contributed by atoms with E-state index in [0.717, 1.165) is 29.9 Å². The topological polar surface area (TPSA) is 8.17 Å². The molecular weight excluding hydrogens is 737 g/mol. The normalized spacial score (nSPS) is 11.5. The average Bonchev–Trinajstić information content (AvgIpc) is 3.65. The Kier molecular flexibility index (Phi) is 9.24. The van der Waals surface area contributed by atoms with E-state index in [4.69, 9.17) is 0 Å². The van der Waals surface area contributed by atoms with Crippen molar-refractivity contribution in [2.45, 2.75) is 19.8 Å². The number of fused-ring (bicyclic) bond motifs is 5. The zero-order valence-electron chi connectivity index (χ0n) is 34.2. The zero-order chi connectivity index (χ0) is 40.7. The summed E-state index contributed by atoms with van der Waals surface area (Å²) in [5.74, 6) is 0. The summed E-state index contributed by atoms with van der Waals surface area (Å²) < 4.78 is 2.40. The molecule has 0 bridgehead atoms. The molecule has 2 nitrogen and oxygen atoms in total. The molecule has 0 unspecified atom stereocenters. The standard InChI is InChI=1S/C59H44N2/c1-2-16-41-27-37-56-54(39-41)55-40-45(32-38-57(55)61(56)47-21-10-5-11-22-47)42-28-33-48(34-29-42)60(46-19-8-4-9-20-46)49-35-30-44(31-36-49)59-52-25-14-12-23-50(52)58(43-17-6-3-7-18-43)51-24-13-15-26-53(51)59/h3-15,17-40H,2,16H2,1H3. The van der Waals surface area contributed by atoms with Crippen molar-refractivity contribution in [2.75, 3.05) is 4.90 Å². The van der Waals surface area contributed by atoms with Crippen molar-refractivity contribution in [2.24, 2.45) is 0 Å². The first kappa shape index (κ1) is 36.4. The molecule has 0 aliphatic heterocycles. The molecule has 290 valence electrons. The van der Waals surface area contributed by atoms with Gasteiger partial charge in [-0.15, -0.1) is 0 Å². The predicted octanol–water partition coefficient (Wildman–Crippen LogP) is 16.5. The summed E-state index contributed by atoms with van der Waals surface area (Å²) in [4.78, 5) is 2.36. The van der Waals surface area contributed by atoms with E-state index in [9.17, 15) is 0 Å². The minimum atomic E-state index is 1.07. The van der Waals surface area contributed by atoms with Gasteiger partial charge >= 0.3 is 0 Å². The van der Waals surface area contributed by atoms with Gasteiger partial charge in [-0.1, -0.05) is 165 Å². The number of aromatic nitrogens is 1. The fourth-order valence-electron chi connectivity index (χ4n) is 9.51. The Balaban J connectivity index is 0.988. The smallest absolute Gasteiger partial charge is 0.0541 e. The van der Waals surface area contributed by atoms with Crippen LogP contribution in [0.15, 0.2) is 224 Å². The lowest BCUT2D eigenvalue weighted by atomic mass is 9.86. The van der Waals surface area contributed by atoms with Crippen molar-refractivity contribution in [3.05, 3.63) is 230 Å². The van der Waals surface area contributed by atoms with E-state index in [1.165, 1.54) is 88.0 Å². The molecule has 0 saturated heterocycles. The van der Waals surface area contributed by atoms with E-state index >= 15 is 0 Å². The van der Waals surface area contributed by atoms with Crippen molar-refractivity contribution >= 4 is 60.4 Å². The van der Waals surface area contributed by atoms with Gasteiger partial charge in [0.2, 0.25) is 0 Å². The quantitative estimate of drug-likeness (QED) is 0.132. The summed E-state index contributed by atoms with van der Waals surface area (Å²) in [6.07, 6.45) is 2.20. The van der Waals surface area contributed by atoms with Crippen LogP contribution >= 0.6 is 0 Å². The van der Waals surface area contributed by atoms with Crippen LogP contribution in [0.2, 0.25) is 0 Å². The Hall–Kier alpha value is -7.68. The van der Waals surface area contributed by atoms with Gasteiger partial charge in [-0.3, -0.25) is 0 Å². The molecule has 0 saturated carbocycles. The average molecular weight is 781 g/mol. The second kappa shape index (κ2) is 15.5. The van der Waals surface area contributed by atoms with Crippen LogP contribution in [-0.4, -0.2) is 4.57 Å². The molecule has 0 aliphatic rings. The third-order valence-electron chi connectivity index (χ3n) is 12.3. The molecular formula is C59H44N2. The Labute approximate surface area is 357 Å². The summed E-state index contributed by atoms with van der Waals surface area (Å²) in [6.45, 7) is 2.25. The molecule has 0 fully saturated rings. The third kappa shape index (κ3) is 6.45. The number of benzene rings is 10. The number of nitrogens with zero attached hydrogens (tertiary/aromatic N) is 2. The maximum atomic E-state index is 2.40. The van der Waals surface area contributed by atoms with Gasteiger partial charge in [-0.05, 0) is 140 Å². The summed E-state index contributed by atoms with van der Waals surface area (Å²) in [5.41, 5.74) is 15.7.